The van der Waals surface area contributed by atoms with Gasteiger partial charge in [0.2, 0.25) is 0 Å². The lowest BCUT2D eigenvalue weighted by atomic mass is 9.91. The normalized spacial score (nSPS) is 11.0. The zero-order valence-electron chi connectivity index (χ0n) is 17.1. The Balaban J connectivity index is 1.92. The molecule has 4 rings (SSSR count). The molecular formula is C26H24O4. The lowest BCUT2D eigenvalue weighted by molar-refractivity contribution is -0.137. The van der Waals surface area contributed by atoms with Gasteiger partial charge >= 0.3 is 5.97 Å². The maximum Gasteiger partial charge on any atom is 0.303 e. The largest absolute Gasteiger partial charge is 0.496 e. The highest BCUT2D eigenvalue weighted by molar-refractivity contribution is 6.09. The first-order valence-corrected chi connectivity index (χ1v) is 10.00. The van der Waals surface area contributed by atoms with E-state index in [-0.39, 0.29) is 6.42 Å². The standard InChI is InChI=1S/C26H24O4/c1-29-22-14-11-18-7-3-4-8-20(18)25(22)26-21-13-10-17(6-5-9-24(27)28)16-19(21)12-15-23(26)30-2/h3-4,7-8,10-16H,5-6,9H2,1-2H3,(H,27,28). The molecule has 4 aromatic rings. The Morgan fingerprint density at radius 2 is 1.43 bits per heavy atom. The number of carboxylic acid groups (broad SMARTS) is 1. The van der Waals surface area contributed by atoms with Crippen LogP contribution in [0.1, 0.15) is 18.4 Å². The first-order chi connectivity index (χ1) is 14.6. The number of carboxylic acids is 1. The average molecular weight is 400 g/mol. The van der Waals surface area contributed by atoms with Gasteiger partial charge in [0.1, 0.15) is 11.5 Å². The Hall–Kier alpha value is -3.53. The fraction of sp³-hybridized carbons (Fsp3) is 0.192. The molecule has 1 N–H and O–H groups in total. The molecule has 0 spiro atoms. The van der Waals surface area contributed by atoms with Gasteiger partial charge in [0, 0.05) is 17.5 Å². The summed E-state index contributed by atoms with van der Waals surface area (Å²) in [6, 6.07) is 22.7. The van der Waals surface area contributed by atoms with E-state index < -0.39 is 5.97 Å². The maximum absolute atomic E-state index is 10.8. The number of ether oxygens (including phenoxy) is 2. The van der Waals surface area contributed by atoms with Crippen molar-refractivity contribution in [3.63, 3.8) is 0 Å². The van der Waals surface area contributed by atoms with Gasteiger partial charge < -0.3 is 14.6 Å². The molecule has 0 aliphatic heterocycles. The molecule has 0 saturated heterocycles. The van der Waals surface area contributed by atoms with E-state index in [0.29, 0.717) is 6.42 Å². The van der Waals surface area contributed by atoms with Crippen LogP contribution in [0.25, 0.3) is 32.7 Å². The van der Waals surface area contributed by atoms with Crippen molar-refractivity contribution in [3.8, 4) is 22.6 Å². The highest BCUT2D eigenvalue weighted by atomic mass is 16.5. The Bertz CT molecular complexity index is 1230. The van der Waals surface area contributed by atoms with Crippen LogP contribution in [0.2, 0.25) is 0 Å². The van der Waals surface area contributed by atoms with Gasteiger partial charge in [-0.05, 0) is 52.1 Å². The second kappa shape index (κ2) is 8.46. The van der Waals surface area contributed by atoms with E-state index in [2.05, 4.69) is 42.5 Å². The maximum atomic E-state index is 10.8. The summed E-state index contributed by atoms with van der Waals surface area (Å²) in [5.74, 6) is 0.826. The minimum atomic E-state index is -0.758. The monoisotopic (exact) mass is 400 g/mol. The summed E-state index contributed by atoms with van der Waals surface area (Å²) in [5, 5.41) is 13.3. The fourth-order valence-corrected chi connectivity index (χ4v) is 4.07. The Morgan fingerprint density at radius 3 is 2.10 bits per heavy atom. The van der Waals surface area contributed by atoms with Crippen LogP contribution in [-0.4, -0.2) is 25.3 Å². The molecule has 30 heavy (non-hydrogen) atoms. The van der Waals surface area contributed by atoms with Crippen molar-refractivity contribution in [1.82, 2.24) is 0 Å². The highest BCUT2D eigenvalue weighted by Crippen LogP contribution is 2.45. The van der Waals surface area contributed by atoms with Crippen molar-refractivity contribution in [2.45, 2.75) is 19.3 Å². The third-order valence-corrected chi connectivity index (χ3v) is 5.48. The minimum absolute atomic E-state index is 0.180. The predicted molar refractivity (Wildman–Crippen MR) is 121 cm³/mol. The van der Waals surface area contributed by atoms with E-state index in [1.807, 2.05) is 24.3 Å². The van der Waals surface area contributed by atoms with Crippen LogP contribution in [-0.2, 0) is 11.2 Å². The molecule has 4 aromatic carbocycles. The van der Waals surface area contributed by atoms with Crippen LogP contribution in [0.15, 0.2) is 66.7 Å². The molecule has 152 valence electrons. The zero-order chi connectivity index (χ0) is 21.1. The summed E-state index contributed by atoms with van der Waals surface area (Å²) in [5.41, 5.74) is 3.14. The Labute approximate surface area is 175 Å². The number of aryl methyl sites for hydroxylation is 1. The lowest BCUT2D eigenvalue weighted by Gasteiger charge is -2.18. The molecule has 0 radical (unpaired) electrons. The molecule has 0 heterocycles. The first kappa shape index (κ1) is 19.8. The summed E-state index contributed by atoms with van der Waals surface area (Å²) < 4.78 is 11.5. The average Bonchev–Trinajstić information content (AvgIpc) is 2.77. The van der Waals surface area contributed by atoms with Crippen molar-refractivity contribution in [2.75, 3.05) is 14.2 Å². The molecule has 0 fully saturated rings. The number of carbonyl (C=O) groups is 1. The topological polar surface area (TPSA) is 55.8 Å². The van der Waals surface area contributed by atoms with Crippen molar-refractivity contribution >= 4 is 27.5 Å². The van der Waals surface area contributed by atoms with Crippen molar-refractivity contribution < 1.29 is 19.4 Å². The second-order valence-electron chi connectivity index (χ2n) is 7.31. The van der Waals surface area contributed by atoms with E-state index in [1.165, 1.54) is 0 Å². The van der Waals surface area contributed by atoms with Gasteiger partial charge in [-0.3, -0.25) is 4.79 Å². The smallest absolute Gasteiger partial charge is 0.303 e. The van der Waals surface area contributed by atoms with Gasteiger partial charge in [-0.15, -0.1) is 0 Å². The molecule has 0 atom stereocenters. The fourth-order valence-electron chi connectivity index (χ4n) is 4.07. The third kappa shape index (κ3) is 3.69. The van der Waals surface area contributed by atoms with Gasteiger partial charge in [0.25, 0.3) is 0 Å². The highest BCUT2D eigenvalue weighted by Gasteiger charge is 2.18. The van der Waals surface area contributed by atoms with Crippen LogP contribution in [0.4, 0.5) is 0 Å². The summed E-state index contributed by atoms with van der Waals surface area (Å²) >= 11 is 0. The lowest BCUT2D eigenvalue weighted by Crippen LogP contribution is -1.97. The number of methoxy groups -OCH3 is 2. The van der Waals surface area contributed by atoms with Crippen LogP contribution >= 0.6 is 0 Å². The molecule has 0 aliphatic rings. The number of fused-ring (bicyclic) bond motifs is 2. The van der Waals surface area contributed by atoms with Crippen molar-refractivity contribution in [3.05, 3.63) is 72.3 Å². The third-order valence-electron chi connectivity index (χ3n) is 5.48. The summed E-state index contributed by atoms with van der Waals surface area (Å²) in [6.07, 6.45) is 1.54. The van der Waals surface area contributed by atoms with Crippen LogP contribution in [0, 0.1) is 0 Å². The quantitative estimate of drug-likeness (QED) is 0.408. The van der Waals surface area contributed by atoms with Gasteiger partial charge in [-0.2, -0.15) is 0 Å². The van der Waals surface area contributed by atoms with Gasteiger partial charge in [0.15, 0.2) is 0 Å². The summed E-state index contributed by atoms with van der Waals surface area (Å²) in [7, 11) is 3.37. The molecular weight excluding hydrogens is 376 g/mol. The molecule has 0 aliphatic carbocycles. The molecule has 0 aromatic heterocycles. The minimum Gasteiger partial charge on any atom is -0.496 e. The van der Waals surface area contributed by atoms with E-state index >= 15 is 0 Å². The number of hydrogen-bond acceptors (Lipinski definition) is 3. The molecule has 0 unspecified atom stereocenters. The second-order valence-corrected chi connectivity index (χ2v) is 7.31. The predicted octanol–water partition coefficient (Wildman–Crippen LogP) is 6.08. The van der Waals surface area contributed by atoms with Crippen LogP contribution in [0.3, 0.4) is 0 Å². The zero-order valence-corrected chi connectivity index (χ0v) is 17.1. The van der Waals surface area contributed by atoms with Crippen LogP contribution in [0.5, 0.6) is 11.5 Å². The van der Waals surface area contributed by atoms with Crippen molar-refractivity contribution in [2.24, 2.45) is 0 Å². The van der Waals surface area contributed by atoms with Gasteiger partial charge in [0.05, 0.1) is 14.2 Å². The summed E-state index contributed by atoms with van der Waals surface area (Å²) in [6.45, 7) is 0. The Kier molecular flexibility index (Phi) is 5.57. The van der Waals surface area contributed by atoms with Crippen molar-refractivity contribution in [1.29, 1.82) is 0 Å². The number of aliphatic carboxylic acids is 1. The van der Waals surface area contributed by atoms with E-state index in [9.17, 15) is 4.79 Å². The molecule has 4 heteroatoms. The first-order valence-electron chi connectivity index (χ1n) is 10.00. The number of rotatable bonds is 7. The molecule has 0 bridgehead atoms. The van der Waals surface area contributed by atoms with E-state index in [0.717, 1.165) is 56.2 Å². The van der Waals surface area contributed by atoms with Gasteiger partial charge in [-0.25, -0.2) is 0 Å². The number of benzene rings is 4. The van der Waals surface area contributed by atoms with Gasteiger partial charge in [-0.1, -0.05) is 54.6 Å². The molecule has 4 nitrogen and oxygen atoms in total. The number of hydrogen-bond donors (Lipinski definition) is 1. The molecule has 0 amide bonds. The Morgan fingerprint density at radius 1 is 0.800 bits per heavy atom. The molecule has 0 saturated carbocycles. The van der Waals surface area contributed by atoms with E-state index in [1.54, 1.807) is 14.2 Å². The SMILES string of the molecule is COc1ccc2ccccc2c1-c1c(OC)ccc2cc(CCCC(=O)O)ccc12. The van der Waals surface area contributed by atoms with Crippen LogP contribution < -0.4 is 9.47 Å². The van der Waals surface area contributed by atoms with E-state index in [4.69, 9.17) is 14.6 Å². The summed E-state index contributed by atoms with van der Waals surface area (Å²) in [4.78, 5) is 10.8.